The normalized spacial score (nSPS) is 11.8. The second-order valence-electron chi connectivity index (χ2n) is 7.15. The van der Waals surface area contributed by atoms with Crippen LogP contribution < -0.4 is 5.32 Å². The molecule has 31 heavy (non-hydrogen) atoms. The number of carbonyl (C=O) groups is 2. The standard InChI is InChI=1S/C24H21N3O4/c1-16(17-9-11-19(12-10-17)24(29)30)25-22(28)21-8-5-13-27(21)14-20-15-31-23(26-20)18-6-3-2-4-7-18/h2-13,15-16H,14H2,1H3,(H,25,28)(H,29,30)/t16-/m0/s1. The Morgan fingerprint density at radius 3 is 2.52 bits per heavy atom. The lowest BCUT2D eigenvalue weighted by Crippen LogP contribution is -2.28. The van der Waals surface area contributed by atoms with Crippen LogP contribution in [-0.4, -0.2) is 26.5 Å². The number of carboxylic acids is 1. The topological polar surface area (TPSA) is 97.4 Å². The Labute approximate surface area is 179 Å². The number of aromatic carboxylic acids is 1. The number of nitrogens with zero attached hydrogens (tertiary/aromatic N) is 2. The lowest BCUT2D eigenvalue weighted by molar-refractivity contribution is 0.0696. The monoisotopic (exact) mass is 415 g/mol. The number of hydrogen-bond donors (Lipinski definition) is 2. The Kier molecular flexibility index (Phi) is 5.66. The van der Waals surface area contributed by atoms with E-state index in [4.69, 9.17) is 9.52 Å². The summed E-state index contributed by atoms with van der Waals surface area (Å²) in [6.07, 6.45) is 3.41. The van der Waals surface area contributed by atoms with Gasteiger partial charge in [-0.15, -0.1) is 0 Å². The zero-order chi connectivity index (χ0) is 21.8. The number of rotatable bonds is 7. The van der Waals surface area contributed by atoms with Crippen LogP contribution in [0.2, 0.25) is 0 Å². The summed E-state index contributed by atoms with van der Waals surface area (Å²) in [6, 6.07) is 19.3. The number of hydrogen-bond acceptors (Lipinski definition) is 4. The van der Waals surface area contributed by atoms with Crippen LogP contribution in [0.15, 0.2) is 83.6 Å². The van der Waals surface area contributed by atoms with E-state index in [2.05, 4.69) is 10.3 Å². The molecule has 0 aliphatic carbocycles. The highest BCUT2D eigenvalue weighted by molar-refractivity contribution is 5.93. The molecule has 0 aliphatic heterocycles. The summed E-state index contributed by atoms with van der Waals surface area (Å²) in [5.74, 6) is -0.678. The average molecular weight is 415 g/mol. The highest BCUT2D eigenvalue weighted by atomic mass is 16.4. The van der Waals surface area contributed by atoms with Crippen molar-refractivity contribution in [3.8, 4) is 11.5 Å². The highest BCUT2D eigenvalue weighted by Gasteiger charge is 2.16. The van der Waals surface area contributed by atoms with Gasteiger partial charge in [0.05, 0.1) is 23.8 Å². The fraction of sp³-hybridized carbons (Fsp3) is 0.125. The summed E-state index contributed by atoms with van der Waals surface area (Å²) in [4.78, 5) is 28.4. The van der Waals surface area contributed by atoms with Gasteiger partial charge in [-0.2, -0.15) is 0 Å². The number of oxazole rings is 1. The van der Waals surface area contributed by atoms with Gasteiger partial charge in [0.25, 0.3) is 5.91 Å². The van der Waals surface area contributed by atoms with Gasteiger partial charge in [0.15, 0.2) is 0 Å². The summed E-state index contributed by atoms with van der Waals surface area (Å²) >= 11 is 0. The first-order valence-corrected chi connectivity index (χ1v) is 9.80. The predicted octanol–water partition coefficient (Wildman–Crippen LogP) is 4.38. The van der Waals surface area contributed by atoms with Crippen molar-refractivity contribution in [3.05, 3.63) is 102 Å². The van der Waals surface area contributed by atoms with Gasteiger partial charge in [-0.1, -0.05) is 30.3 Å². The molecule has 2 heterocycles. The third-order valence-corrected chi connectivity index (χ3v) is 4.97. The molecule has 2 N–H and O–H groups in total. The summed E-state index contributed by atoms with van der Waals surface area (Å²) in [5.41, 5.74) is 3.13. The van der Waals surface area contributed by atoms with E-state index in [9.17, 15) is 9.59 Å². The van der Waals surface area contributed by atoms with E-state index < -0.39 is 5.97 Å². The SMILES string of the molecule is C[C@H](NC(=O)c1cccn1Cc1coc(-c2ccccc2)n1)c1ccc(C(=O)O)cc1. The minimum absolute atomic E-state index is 0.207. The summed E-state index contributed by atoms with van der Waals surface area (Å²) in [7, 11) is 0. The van der Waals surface area contributed by atoms with Crippen LogP contribution in [0.5, 0.6) is 0 Å². The molecule has 7 heteroatoms. The predicted molar refractivity (Wildman–Crippen MR) is 115 cm³/mol. The summed E-state index contributed by atoms with van der Waals surface area (Å²) in [6.45, 7) is 2.25. The van der Waals surface area contributed by atoms with Gasteiger partial charge in [-0.3, -0.25) is 4.79 Å². The smallest absolute Gasteiger partial charge is 0.335 e. The second-order valence-corrected chi connectivity index (χ2v) is 7.15. The number of amides is 1. The van der Waals surface area contributed by atoms with E-state index in [1.165, 1.54) is 12.1 Å². The molecule has 4 aromatic rings. The summed E-state index contributed by atoms with van der Waals surface area (Å²) in [5, 5.41) is 12.0. The van der Waals surface area contributed by atoms with Gasteiger partial charge in [0.1, 0.15) is 12.0 Å². The molecule has 2 aromatic heterocycles. The Hall–Kier alpha value is -4.13. The first-order valence-electron chi connectivity index (χ1n) is 9.80. The van der Waals surface area contributed by atoms with E-state index >= 15 is 0 Å². The molecule has 1 atom stereocenters. The number of nitrogens with one attached hydrogen (secondary N) is 1. The van der Waals surface area contributed by atoms with E-state index in [-0.39, 0.29) is 17.5 Å². The van der Waals surface area contributed by atoms with Gasteiger partial charge in [-0.05, 0) is 48.9 Å². The van der Waals surface area contributed by atoms with Crippen LogP contribution in [-0.2, 0) is 6.54 Å². The lowest BCUT2D eigenvalue weighted by Gasteiger charge is -2.15. The molecule has 0 spiro atoms. The lowest BCUT2D eigenvalue weighted by atomic mass is 10.1. The molecule has 156 valence electrons. The fourth-order valence-corrected chi connectivity index (χ4v) is 3.29. The molecule has 1 amide bonds. The van der Waals surface area contributed by atoms with Crippen molar-refractivity contribution in [2.75, 3.05) is 0 Å². The van der Waals surface area contributed by atoms with Crippen LogP contribution in [0, 0.1) is 0 Å². The number of benzene rings is 2. The van der Waals surface area contributed by atoms with Crippen molar-refractivity contribution in [2.24, 2.45) is 0 Å². The Morgan fingerprint density at radius 2 is 1.81 bits per heavy atom. The van der Waals surface area contributed by atoms with Crippen molar-refractivity contribution >= 4 is 11.9 Å². The molecular formula is C24H21N3O4. The van der Waals surface area contributed by atoms with E-state index in [0.29, 0.717) is 23.8 Å². The van der Waals surface area contributed by atoms with Crippen molar-refractivity contribution < 1.29 is 19.1 Å². The van der Waals surface area contributed by atoms with Gasteiger partial charge in [0.2, 0.25) is 5.89 Å². The zero-order valence-corrected chi connectivity index (χ0v) is 16.9. The minimum atomic E-state index is -0.982. The third-order valence-electron chi connectivity index (χ3n) is 4.97. The molecule has 0 bridgehead atoms. The van der Waals surface area contributed by atoms with Crippen LogP contribution in [0.4, 0.5) is 0 Å². The van der Waals surface area contributed by atoms with E-state index in [1.807, 2.05) is 48.0 Å². The van der Waals surface area contributed by atoms with E-state index in [1.54, 1.807) is 30.5 Å². The van der Waals surface area contributed by atoms with Crippen LogP contribution in [0.1, 0.15) is 45.1 Å². The third kappa shape index (κ3) is 4.56. The molecular weight excluding hydrogens is 394 g/mol. The van der Waals surface area contributed by atoms with Crippen molar-refractivity contribution in [2.45, 2.75) is 19.5 Å². The second kappa shape index (κ2) is 8.71. The molecule has 0 unspecified atom stereocenters. The molecule has 7 nitrogen and oxygen atoms in total. The Bertz CT molecular complexity index is 1190. The van der Waals surface area contributed by atoms with Gasteiger partial charge in [0, 0.05) is 11.8 Å². The van der Waals surface area contributed by atoms with Gasteiger partial charge in [-0.25, -0.2) is 9.78 Å². The number of aromatic nitrogens is 2. The Balaban J connectivity index is 1.45. The van der Waals surface area contributed by atoms with Crippen molar-refractivity contribution in [1.29, 1.82) is 0 Å². The molecule has 0 fully saturated rings. The quantitative estimate of drug-likeness (QED) is 0.467. The fourth-order valence-electron chi connectivity index (χ4n) is 3.29. The van der Waals surface area contributed by atoms with E-state index in [0.717, 1.165) is 11.1 Å². The molecule has 2 aromatic carbocycles. The average Bonchev–Trinajstić information content (AvgIpc) is 3.44. The molecule has 4 rings (SSSR count). The zero-order valence-electron chi connectivity index (χ0n) is 16.9. The molecule has 0 radical (unpaired) electrons. The number of carbonyl (C=O) groups excluding carboxylic acids is 1. The number of carboxylic acid groups (broad SMARTS) is 1. The maximum atomic E-state index is 12.8. The summed E-state index contributed by atoms with van der Waals surface area (Å²) < 4.78 is 7.39. The molecule has 0 saturated heterocycles. The Morgan fingerprint density at radius 1 is 1.06 bits per heavy atom. The van der Waals surface area contributed by atoms with Crippen LogP contribution >= 0.6 is 0 Å². The van der Waals surface area contributed by atoms with Crippen molar-refractivity contribution in [3.63, 3.8) is 0 Å². The first kappa shape index (κ1) is 20.2. The largest absolute Gasteiger partial charge is 0.478 e. The van der Waals surface area contributed by atoms with Crippen LogP contribution in [0.25, 0.3) is 11.5 Å². The van der Waals surface area contributed by atoms with Crippen LogP contribution in [0.3, 0.4) is 0 Å². The first-order chi connectivity index (χ1) is 15.0. The van der Waals surface area contributed by atoms with Crippen molar-refractivity contribution in [1.82, 2.24) is 14.9 Å². The maximum absolute atomic E-state index is 12.8. The maximum Gasteiger partial charge on any atom is 0.335 e. The van der Waals surface area contributed by atoms with Gasteiger partial charge < -0.3 is 19.4 Å². The molecule has 0 aliphatic rings. The highest BCUT2D eigenvalue weighted by Crippen LogP contribution is 2.19. The molecule has 0 saturated carbocycles. The minimum Gasteiger partial charge on any atom is -0.478 e. The van der Waals surface area contributed by atoms with Gasteiger partial charge >= 0.3 is 5.97 Å².